The third-order valence-electron chi connectivity index (χ3n) is 4.73. The third-order valence-corrected chi connectivity index (χ3v) is 5.52. The van der Waals surface area contributed by atoms with Crippen LogP contribution in [0, 0.1) is 0 Å². The van der Waals surface area contributed by atoms with Crippen molar-refractivity contribution in [3.8, 4) is 5.88 Å². The van der Waals surface area contributed by atoms with E-state index < -0.39 is 0 Å². The highest BCUT2D eigenvalue weighted by Gasteiger charge is 2.26. The maximum absolute atomic E-state index is 11.4. The Hall–Kier alpha value is -1.93. The molecule has 0 spiro atoms. The van der Waals surface area contributed by atoms with Crippen molar-refractivity contribution in [1.29, 1.82) is 0 Å². The van der Waals surface area contributed by atoms with Crippen LogP contribution in [-0.2, 0) is 7.05 Å². The second-order valence-electron chi connectivity index (χ2n) is 6.44. The van der Waals surface area contributed by atoms with E-state index in [4.69, 9.17) is 16.3 Å². The van der Waals surface area contributed by atoms with Crippen LogP contribution in [0.5, 0.6) is 5.88 Å². The average Bonchev–Trinajstić information content (AvgIpc) is 2.95. The first-order valence-corrected chi connectivity index (χ1v) is 9.58. The van der Waals surface area contributed by atoms with Gasteiger partial charge in [0.1, 0.15) is 15.9 Å². The Morgan fingerprint density at radius 3 is 2.73 bits per heavy atom. The maximum atomic E-state index is 11.4. The fraction of sp³-hybridized carbons (Fsp3) is 0.412. The SMILES string of the molecule is Cn1nc(O[C@H]2CC[C@@H](n3nc(Br)c4cnc(Cl)cc43)CC2)ccc1=O. The monoisotopic (exact) mass is 437 g/mol. The number of ether oxygens (including phenoxy) is 1. The molecule has 1 aliphatic rings. The molecule has 26 heavy (non-hydrogen) atoms. The number of hydrogen-bond donors (Lipinski definition) is 0. The van der Waals surface area contributed by atoms with Gasteiger partial charge >= 0.3 is 0 Å². The summed E-state index contributed by atoms with van der Waals surface area (Å²) >= 11 is 9.56. The van der Waals surface area contributed by atoms with Crippen molar-refractivity contribution in [1.82, 2.24) is 24.5 Å². The number of nitrogens with zero attached hydrogens (tertiary/aromatic N) is 5. The van der Waals surface area contributed by atoms with Gasteiger partial charge in [0, 0.05) is 31.4 Å². The molecule has 7 nitrogen and oxygen atoms in total. The summed E-state index contributed by atoms with van der Waals surface area (Å²) in [5, 5.41) is 10.2. The molecular formula is C17H17BrClN5O2. The zero-order valence-electron chi connectivity index (χ0n) is 14.1. The summed E-state index contributed by atoms with van der Waals surface area (Å²) < 4.78 is 10.0. The Bertz CT molecular complexity index is 1010. The van der Waals surface area contributed by atoms with Crippen LogP contribution in [0.2, 0.25) is 5.15 Å². The average molecular weight is 439 g/mol. The van der Waals surface area contributed by atoms with Crippen molar-refractivity contribution in [2.45, 2.75) is 37.8 Å². The highest BCUT2D eigenvalue weighted by atomic mass is 79.9. The Morgan fingerprint density at radius 1 is 1.23 bits per heavy atom. The summed E-state index contributed by atoms with van der Waals surface area (Å²) in [4.78, 5) is 15.5. The van der Waals surface area contributed by atoms with E-state index in [9.17, 15) is 4.79 Å². The van der Waals surface area contributed by atoms with Crippen molar-refractivity contribution in [2.24, 2.45) is 7.05 Å². The van der Waals surface area contributed by atoms with Gasteiger partial charge in [-0.25, -0.2) is 9.67 Å². The molecule has 3 aromatic rings. The van der Waals surface area contributed by atoms with Crippen LogP contribution in [0.4, 0.5) is 0 Å². The molecule has 4 rings (SSSR count). The third kappa shape index (κ3) is 3.35. The van der Waals surface area contributed by atoms with Gasteiger partial charge in [0.25, 0.3) is 5.56 Å². The first kappa shape index (κ1) is 17.5. The van der Waals surface area contributed by atoms with E-state index in [0.717, 1.165) is 41.2 Å². The molecule has 3 aromatic heterocycles. The van der Waals surface area contributed by atoms with Gasteiger partial charge in [0.2, 0.25) is 5.88 Å². The van der Waals surface area contributed by atoms with Crippen LogP contribution in [0.1, 0.15) is 31.7 Å². The van der Waals surface area contributed by atoms with E-state index in [0.29, 0.717) is 11.0 Å². The van der Waals surface area contributed by atoms with Gasteiger partial charge in [-0.3, -0.25) is 9.48 Å². The van der Waals surface area contributed by atoms with Crippen molar-refractivity contribution in [3.05, 3.63) is 44.5 Å². The molecule has 0 atom stereocenters. The number of aryl methyl sites for hydroxylation is 1. The van der Waals surface area contributed by atoms with Crippen LogP contribution in [0.25, 0.3) is 10.9 Å². The van der Waals surface area contributed by atoms with Crippen LogP contribution >= 0.6 is 27.5 Å². The molecule has 0 saturated heterocycles. The number of hydrogen-bond acceptors (Lipinski definition) is 5. The number of halogens is 2. The Labute approximate surface area is 163 Å². The molecule has 3 heterocycles. The summed E-state index contributed by atoms with van der Waals surface area (Å²) in [5.74, 6) is 0.487. The Morgan fingerprint density at radius 2 is 2.00 bits per heavy atom. The molecule has 0 bridgehead atoms. The lowest BCUT2D eigenvalue weighted by Gasteiger charge is -2.29. The number of aromatic nitrogens is 5. The molecule has 1 fully saturated rings. The molecular weight excluding hydrogens is 422 g/mol. The molecule has 1 aliphatic carbocycles. The molecule has 0 aromatic carbocycles. The molecule has 1 saturated carbocycles. The van der Waals surface area contributed by atoms with Gasteiger partial charge in [-0.1, -0.05) is 11.6 Å². The highest BCUT2D eigenvalue weighted by Crippen LogP contribution is 2.34. The Kier molecular flexibility index (Phi) is 4.71. The quantitative estimate of drug-likeness (QED) is 0.585. The second kappa shape index (κ2) is 7.00. The maximum Gasteiger partial charge on any atom is 0.266 e. The van der Waals surface area contributed by atoms with Gasteiger partial charge < -0.3 is 4.74 Å². The van der Waals surface area contributed by atoms with Crippen LogP contribution in [-0.4, -0.2) is 30.6 Å². The van der Waals surface area contributed by atoms with E-state index in [1.54, 1.807) is 19.3 Å². The predicted octanol–water partition coefficient (Wildman–Crippen LogP) is 3.50. The first-order valence-electron chi connectivity index (χ1n) is 8.41. The van der Waals surface area contributed by atoms with Crippen molar-refractivity contribution in [2.75, 3.05) is 0 Å². The number of fused-ring (bicyclic) bond motifs is 1. The lowest BCUT2D eigenvalue weighted by Crippen LogP contribution is -2.27. The Balaban J connectivity index is 1.47. The van der Waals surface area contributed by atoms with Gasteiger partial charge in [-0.05, 0) is 41.6 Å². The van der Waals surface area contributed by atoms with Crippen LogP contribution < -0.4 is 10.3 Å². The summed E-state index contributed by atoms with van der Waals surface area (Å²) in [7, 11) is 1.62. The van der Waals surface area contributed by atoms with Gasteiger partial charge in [0.05, 0.1) is 16.9 Å². The number of rotatable bonds is 3. The summed E-state index contributed by atoms with van der Waals surface area (Å²) in [5.41, 5.74) is 0.839. The minimum Gasteiger partial charge on any atom is -0.473 e. The molecule has 136 valence electrons. The van der Waals surface area contributed by atoms with Crippen molar-refractivity contribution < 1.29 is 4.74 Å². The second-order valence-corrected chi connectivity index (χ2v) is 7.58. The minimum absolute atomic E-state index is 0.0896. The van der Waals surface area contributed by atoms with Gasteiger partial charge in [-0.2, -0.15) is 5.10 Å². The van der Waals surface area contributed by atoms with E-state index in [1.807, 2.05) is 10.7 Å². The molecule has 0 radical (unpaired) electrons. The van der Waals surface area contributed by atoms with Gasteiger partial charge in [-0.15, -0.1) is 5.10 Å². The lowest BCUT2D eigenvalue weighted by atomic mass is 9.93. The molecule has 0 N–H and O–H groups in total. The molecule has 0 aliphatic heterocycles. The van der Waals surface area contributed by atoms with E-state index in [1.165, 1.54) is 10.7 Å². The number of pyridine rings is 1. The van der Waals surface area contributed by atoms with Crippen LogP contribution in [0.15, 0.2) is 33.8 Å². The molecule has 0 unspecified atom stereocenters. The fourth-order valence-corrected chi connectivity index (χ4v) is 4.00. The van der Waals surface area contributed by atoms with E-state index in [-0.39, 0.29) is 17.7 Å². The normalized spacial score (nSPS) is 20.4. The van der Waals surface area contributed by atoms with Crippen LogP contribution in [0.3, 0.4) is 0 Å². The summed E-state index contributed by atoms with van der Waals surface area (Å²) in [6.07, 6.45) is 5.51. The fourth-order valence-electron chi connectivity index (χ4n) is 3.37. The van der Waals surface area contributed by atoms with E-state index >= 15 is 0 Å². The zero-order chi connectivity index (χ0) is 18.3. The topological polar surface area (TPSA) is 74.8 Å². The summed E-state index contributed by atoms with van der Waals surface area (Å²) in [6, 6.07) is 5.24. The molecule has 9 heteroatoms. The highest BCUT2D eigenvalue weighted by molar-refractivity contribution is 9.10. The predicted molar refractivity (Wildman–Crippen MR) is 102 cm³/mol. The molecule has 0 amide bonds. The van der Waals surface area contributed by atoms with Crippen molar-refractivity contribution in [3.63, 3.8) is 0 Å². The largest absolute Gasteiger partial charge is 0.473 e. The lowest BCUT2D eigenvalue weighted by molar-refractivity contribution is 0.123. The van der Waals surface area contributed by atoms with E-state index in [2.05, 4.69) is 31.1 Å². The smallest absolute Gasteiger partial charge is 0.266 e. The zero-order valence-corrected chi connectivity index (χ0v) is 16.4. The van der Waals surface area contributed by atoms with Crippen molar-refractivity contribution >= 4 is 38.4 Å². The standard InChI is InChI=1S/C17H17BrClN5O2/c1-23-16(25)7-6-15(21-23)26-11-4-2-10(3-5-11)24-13-8-14(19)20-9-12(13)17(18)22-24/h6-11H,2-5H2,1H3/t10-,11+. The van der Waals surface area contributed by atoms with Gasteiger partial charge in [0.15, 0.2) is 0 Å². The first-order chi connectivity index (χ1) is 12.5. The minimum atomic E-state index is -0.148. The summed E-state index contributed by atoms with van der Waals surface area (Å²) in [6.45, 7) is 0.